The first-order chi connectivity index (χ1) is 9.70. The van der Waals surface area contributed by atoms with E-state index >= 15 is 0 Å². The number of benzene rings is 1. The van der Waals surface area contributed by atoms with Crippen molar-refractivity contribution < 1.29 is 9.18 Å². The Hall–Kier alpha value is -2.78. The Labute approximate surface area is 115 Å². The van der Waals surface area contributed by atoms with E-state index in [2.05, 4.69) is 27.4 Å². The second kappa shape index (κ2) is 6.41. The number of nitrogens with two attached hydrogens (primary N) is 1. The Morgan fingerprint density at radius 1 is 1.40 bits per heavy atom. The number of nitrogens with one attached hydrogen (secondary N) is 1. The number of hydrogen-bond donors (Lipinski definition) is 2. The van der Waals surface area contributed by atoms with Crippen LogP contribution in [0.5, 0.6) is 0 Å². The first-order valence-electron chi connectivity index (χ1n) is 5.78. The molecule has 0 bridgehead atoms. The van der Waals surface area contributed by atoms with E-state index in [1.807, 2.05) is 0 Å². The topological polar surface area (TPSA) is 80.9 Å². The molecule has 1 amide bonds. The molecule has 2 rings (SSSR count). The number of amides is 1. The highest BCUT2D eigenvalue weighted by Crippen LogP contribution is 2.12. The highest BCUT2D eigenvalue weighted by molar-refractivity contribution is 6.03. The number of aromatic nitrogens is 2. The number of carbonyl (C=O) groups is 1. The van der Waals surface area contributed by atoms with Gasteiger partial charge in [-0.1, -0.05) is 11.8 Å². The highest BCUT2D eigenvalue weighted by atomic mass is 19.1. The van der Waals surface area contributed by atoms with Crippen LogP contribution in [0.1, 0.15) is 15.9 Å². The summed E-state index contributed by atoms with van der Waals surface area (Å²) in [7, 11) is 0. The lowest BCUT2D eigenvalue weighted by molar-refractivity contribution is 0.102. The summed E-state index contributed by atoms with van der Waals surface area (Å²) < 4.78 is 13.8. The molecule has 0 aliphatic carbocycles. The number of anilines is 1. The lowest BCUT2D eigenvalue weighted by atomic mass is 10.1. The predicted octanol–water partition coefficient (Wildman–Crippen LogP) is 1.18. The fraction of sp³-hybridized carbons (Fsp3) is 0.0714. The van der Waals surface area contributed by atoms with Gasteiger partial charge < -0.3 is 11.1 Å². The molecule has 1 aromatic heterocycles. The normalized spacial score (nSPS) is 9.50. The van der Waals surface area contributed by atoms with Crippen LogP contribution in [-0.2, 0) is 0 Å². The molecule has 5 nitrogen and oxygen atoms in total. The first-order valence-corrected chi connectivity index (χ1v) is 5.78. The second-order valence-electron chi connectivity index (χ2n) is 3.76. The van der Waals surface area contributed by atoms with Crippen molar-refractivity contribution in [1.29, 1.82) is 0 Å². The van der Waals surface area contributed by atoms with Gasteiger partial charge in [-0.2, -0.15) is 5.10 Å². The fourth-order valence-corrected chi connectivity index (χ4v) is 1.48. The van der Waals surface area contributed by atoms with Gasteiger partial charge in [0.25, 0.3) is 5.91 Å². The second-order valence-corrected chi connectivity index (χ2v) is 3.76. The number of carbonyl (C=O) groups excluding carboxylic acids is 1. The standard InChI is InChI=1S/C14H11FN4O/c15-12-9-10(3-1-7-16)5-6-11(12)14(20)18-13-4-2-8-17-19-13/h2,4-6,8-9H,7,16H2,(H,18,19,20). The zero-order valence-electron chi connectivity index (χ0n) is 10.4. The smallest absolute Gasteiger partial charge is 0.259 e. The van der Waals surface area contributed by atoms with Gasteiger partial charge >= 0.3 is 0 Å². The van der Waals surface area contributed by atoms with Gasteiger partial charge in [-0.15, -0.1) is 5.10 Å². The maximum absolute atomic E-state index is 13.8. The van der Waals surface area contributed by atoms with Crippen LogP contribution in [0.3, 0.4) is 0 Å². The minimum Gasteiger partial charge on any atom is -0.320 e. The van der Waals surface area contributed by atoms with Crippen molar-refractivity contribution in [2.75, 3.05) is 11.9 Å². The van der Waals surface area contributed by atoms with Crippen LogP contribution in [-0.4, -0.2) is 22.6 Å². The first kappa shape index (κ1) is 13.6. The Morgan fingerprint density at radius 2 is 2.25 bits per heavy atom. The fourth-order valence-electron chi connectivity index (χ4n) is 1.48. The Balaban J connectivity index is 2.18. The summed E-state index contributed by atoms with van der Waals surface area (Å²) in [6.07, 6.45) is 1.47. The third kappa shape index (κ3) is 3.37. The summed E-state index contributed by atoms with van der Waals surface area (Å²) in [5.41, 5.74) is 5.61. The molecule has 0 radical (unpaired) electrons. The molecule has 2 aromatic rings. The molecule has 6 heteroatoms. The molecule has 1 aromatic carbocycles. The van der Waals surface area contributed by atoms with Crippen molar-refractivity contribution in [1.82, 2.24) is 10.2 Å². The summed E-state index contributed by atoms with van der Waals surface area (Å²) in [5.74, 6) is 4.30. The number of nitrogens with zero attached hydrogens (tertiary/aromatic N) is 2. The molecule has 0 aliphatic rings. The SMILES string of the molecule is NCC#Cc1ccc(C(=O)Nc2cccnn2)c(F)c1. The molecule has 100 valence electrons. The molecule has 0 atom stereocenters. The highest BCUT2D eigenvalue weighted by Gasteiger charge is 2.12. The van der Waals surface area contributed by atoms with E-state index in [9.17, 15) is 9.18 Å². The average Bonchev–Trinajstić information content (AvgIpc) is 2.46. The van der Waals surface area contributed by atoms with Gasteiger partial charge in [-0.25, -0.2) is 4.39 Å². The Bertz CT molecular complexity index is 677. The van der Waals surface area contributed by atoms with E-state index in [1.165, 1.54) is 18.3 Å². The quantitative estimate of drug-likeness (QED) is 0.803. The van der Waals surface area contributed by atoms with Crippen LogP contribution in [0.25, 0.3) is 0 Å². The largest absolute Gasteiger partial charge is 0.320 e. The van der Waals surface area contributed by atoms with Crippen molar-refractivity contribution in [3.05, 3.63) is 53.5 Å². The summed E-state index contributed by atoms with van der Waals surface area (Å²) in [5, 5.41) is 9.76. The summed E-state index contributed by atoms with van der Waals surface area (Å²) in [4.78, 5) is 11.9. The minimum atomic E-state index is -0.657. The Morgan fingerprint density at radius 3 is 2.90 bits per heavy atom. The molecular weight excluding hydrogens is 259 g/mol. The average molecular weight is 270 g/mol. The van der Waals surface area contributed by atoms with Crippen molar-refractivity contribution in [3.63, 3.8) is 0 Å². The lowest BCUT2D eigenvalue weighted by Crippen LogP contribution is -2.15. The maximum Gasteiger partial charge on any atom is 0.259 e. The van der Waals surface area contributed by atoms with E-state index in [0.29, 0.717) is 5.56 Å². The van der Waals surface area contributed by atoms with Gasteiger partial charge in [0, 0.05) is 11.8 Å². The molecule has 0 aliphatic heterocycles. The van der Waals surface area contributed by atoms with Gasteiger partial charge in [0.2, 0.25) is 0 Å². The zero-order chi connectivity index (χ0) is 14.4. The predicted molar refractivity (Wildman–Crippen MR) is 72.3 cm³/mol. The van der Waals surface area contributed by atoms with E-state index in [1.54, 1.807) is 18.2 Å². The van der Waals surface area contributed by atoms with Crippen molar-refractivity contribution >= 4 is 11.7 Å². The zero-order valence-corrected chi connectivity index (χ0v) is 10.4. The molecule has 3 N–H and O–H groups in total. The van der Waals surface area contributed by atoms with Crippen LogP contribution in [0.4, 0.5) is 10.2 Å². The minimum absolute atomic E-state index is 0.0889. The number of rotatable bonds is 2. The number of hydrogen-bond acceptors (Lipinski definition) is 4. The molecule has 0 fully saturated rings. The van der Waals surface area contributed by atoms with Crippen LogP contribution < -0.4 is 11.1 Å². The van der Waals surface area contributed by atoms with E-state index in [-0.39, 0.29) is 17.9 Å². The molecule has 1 heterocycles. The summed E-state index contributed by atoms with van der Waals surface area (Å²) >= 11 is 0. The summed E-state index contributed by atoms with van der Waals surface area (Å²) in [6.45, 7) is 0.191. The van der Waals surface area contributed by atoms with Crippen molar-refractivity contribution in [2.24, 2.45) is 5.73 Å². The molecule has 0 saturated carbocycles. The molecule has 0 spiro atoms. The third-order valence-corrected chi connectivity index (χ3v) is 2.36. The van der Waals surface area contributed by atoms with Gasteiger partial charge in [-0.3, -0.25) is 4.79 Å². The summed E-state index contributed by atoms with van der Waals surface area (Å²) in [6, 6.07) is 7.28. The van der Waals surface area contributed by atoms with Gasteiger partial charge in [0.1, 0.15) is 5.82 Å². The van der Waals surface area contributed by atoms with E-state index in [0.717, 1.165) is 0 Å². The van der Waals surface area contributed by atoms with E-state index < -0.39 is 11.7 Å². The third-order valence-electron chi connectivity index (χ3n) is 2.36. The molecule has 0 unspecified atom stereocenters. The monoisotopic (exact) mass is 270 g/mol. The van der Waals surface area contributed by atoms with Crippen LogP contribution in [0.2, 0.25) is 0 Å². The van der Waals surface area contributed by atoms with Crippen LogP contribution in [0.15, 0.2) is 36.5 Å². The molecule has 0 saturated heterocycles. The van der Waals surface area contributed by atoms with Crippen LogP contribution in [0, 0.1) is 17.7 Å². The Kier molecular flexibility index (Phi) is 4.37. The maximum atomic E-state index is 13.8. The van der Waals surface area contributed by atoms with Crippen molar-refractivity contribution in [2.45, 2.75) is 0 Å². The lowest BCUT2D eigenvalue weighted by Gasteiger charge is -2.04. The van der Waals surface area contributed by atoms with Crippen LogP contribution >= 0.6 is 0 Å². The van der Waals surface area contributed by atoms with Gasteiger partial charge in [0.15, 0.2) is 5.82 Å². The molecular formula is C14H11FN4O. The molecule has 20 heavy (non-hydrogen) atoms. The van der Waals surface area contributed by atoms with E-state index in [4.69, 9.17) is 5.73 Å². The van der Waals surface area contributed by atoms with Gasteiger partial charge in [0.05, 0.1) is 12.1 Å². The van der Waals surface area contributed by atoms with Gasteiger partial charge in [-0.05, 0) is 30.3 Å². The van der Waals surface area contributed by atoms with Crippen molar-refractivity contribution in [3.8, 4) is 11.8 Å². The number of halogens is 1.